The highest BCUT2D eigenvalue weighted by Crippen LogP contribution is 2.43. The number of hydrogen-bond acceptors (Lipinski definition) is 6. The molecule has 0 aliphatic carbocycles. The summed E-state index contributed by atoms with van der Waals surface area (Å²) < 4.78 is 13.3. The Morgan fingerprint density at radius 2 is 1.59 bits per heavy atom. The molecule has 212 valence electrons. The van der Waals surface area contributed by atoms with Gasteiger partial charge in [-0.15, -0.1) is 11.8 Å². The maximum Gasteiger partial charge on any atom is 0.221 e. The molecular weight excluding hydrogens is 532 g/mol. The van der Waals surface area contributed by atoms with E-state index in [1.807, 2.05) is 72.8 Å². The third kappa shape index (κ3) is 7.25. The zero-order chi connectivity index (χ0) is 28.8. The van der Waals surface area contributed by atoms with Gasteiger partial charge >= 0.3 is 0 Å². The monoisotopic (exact) mass is 568 g/mol. The molecule has 0 saturated carbocycles. The number of thioether (sulfide) groups is 1. The number of rotatable bonds is 9. The van der Waals surface area contributed by atoms with Gasteiger partial charge in [-0.3, -0.25) is 4.79 Å². The second-order valence-electron chi connectivity index (χ2n) is 10.4. The quantitative estimate of drug-likeness (QED) is 0.191. The zero-order valence-electron chi connectivity index (χ0n) is 23.3. The Bertz CT molecular complexity index is 1460. The van der Waals surface area contributed by atoms with Crippen LogP contribution in [0.1, 0.15) is 48.5 Å². The number of carbonyl (C=O) groups excluding carboxylic acids is 1. The highest BCUT2D eigenvalue weighted by molar-refractivity contribution is 7.99. The maximum atomic E-state index is 11.4. The summed E-state index contributed by atoms with van der Waals surface area (Å²) in [6.45, 7) is 4.17. The van der Waals surface area contributed by atoms with E-state index in [0.29, 0.717) is 6.54 Å². The summed E-state index contributed by atoms with van der Waals surface area (Å²) in [6.07, 6.45) is -0.807. The van der Waals surface area contributed by atoms with Gasteiger partial charge in [0, 0.05) is 41.3 Å². The van der Waals surface area contributed by atoms with Gasteiger partial charge in [-0.05, 0) is 64.2 Å². The van der Waals surface area contributed by atoms with Crippen molar-refractivity contribution in [3.63, 3.8) is 0 Å². The Morgan fingerprint density at radius 3 is 2.27 bits per heavy atom. The number of hydrogen-bond donors (Lipinski definition) is 3. The molecule has 1 fully saturated rings. The Hall–Kier alpha value is -3.46. The van der Waals surface area contributed by atoms with Crippen LogP contribution in [0.2, 0.25) is 0 Å². The molecular formula is C34H36N2O4S. The molecule has 1 aliphatic heterocycles. The number of aliphatic hydroxyl groups is 1. The Morgan fingerprint density at radius 1 is 0.878 bits per heavy atom. The van der Waals surface area contributed by atoms with Gasteiger partial charge in [0.1, 0.15) is 0 Å². The maximum absolute atomic E-state index is 11.4. The van der Waals surface area contributed by atoms with Crippen LogP contribution in [0.5, 0.6) is 0 Å². The minimum atomic E-state index is -0.542. The van der Waals surface area contributed by atoms with Crippen molar-refractivity contribution < 1.29 is 19.4 Å². The fraction of sp³-hybridized carbons (Fsp3) is 0.265. The van der Waals surface area contributed by atoms with Crippen molar-refractivity contribution in [2.75, 3.05) is 11.1 Å². The molecule has 4 N–H and O–H groups in total. The summed E-state index contributed by atoms with van der Waals surface area (Å²) in [4.78, 5) is 12.5. The number of carbonyl (C=O) groups is 1. The topological polar surface area (TPSA) is 93.8 Å². The van der Waals surface area contributed by atoms with E-state index in [-0.39, 0.29) is 30.6 Å². The molecule has 0 radical (unpaired) electrons. The highest BCUT2D eigenvalue weighted by atomic mass is 32.2. The largest absolute Gasteiger partial charge is 0.392 e. The van der Waals surface area contributed by atoms with Gasteiger partial charge in [-0.25, -0.2) is 0 Å². The summed E-state index contributed by atoms with van der Waals surface area (Å²) >= 11 is 1.72. The molecule has 4 atom stereocenters. The van der Waals surface area contributed by atoms with E-state index >= 15 is 0 Å². The zero-order valence-corrected chi connectivity index (χ0v) is 24.1. The third-order valence-corrected chi connectivity index (χ3v) is 8.47. The van der Waals surface area contributed by atoms with Crippen molar-refractivity contribution in [3.05, 3.63) is 119 Å². The highest BCUT2D eigenvalue weighted by Gasteiger charge is 2.38. The van der Waals surface area contributed by atoms with Gasteiger partial charge in [0.2, 0.25) is 5.91 Å². The molecule has 41 heavy (non-hydrogen) atoms. The third-order valence-electron chi connectivity index (χ3n) is 7.37. The molecule has 0 bridgehead atoms. The van der Waals surface area contributed by atoms with Crippen LogP contribution in [0.4, 0.5) is 5.69 Å². The van der Waals surface area contributed by atoms with Crippen molar-refractivity contribution >= 4 is 23.4 Å². The normalized spacial score (nSPS) is 20.5. The second kappa shape index (κ2) is 13.5. The summed E-state index contributed by atoms with van der Waals surface area (Å²) in [5, 5.41) is 12.3. The van der Waals surface area contributed by atoms with Crippen LogP contribution < -0.4 is 11.1 Å². The van der Waals surface area contributed by atoms with Gasteiger partial charge < -0.3 is 25.6 Å². The van der Waals surface area contributed by atoms with E-state index < -0.39 is 6.29 Å². The van der Waals surface area contributed by atoms with Crippen LogP contribution in [0, 0.1) is 5.92 Å². The molecule has 7 heteroatoms. The lowest BCUT2D eigenvalue weighted by Crippen LogP contribution is -2.38. The lowest BCUT2D eigenvalue weighted by atomic mass is 9.91. The molecule has 1 saturated heterocycles. The summed E-state index contributed by atoms with van der Waals surface area (Å²) in [6, 6.07) is 32.4. The van der Waals surface area contributed by atoms with Crippen LogP contribution in [0.15, 0.2) is 102 Å². The van der Waals surface area contributed by atoms with Crippen LogP contribution in [-0.2, 0) is 27.4 Å². The standard InChI is InChI=1S/C34H36N2O4S/c1-22-32(21-41-31-15-13-30(14-16-31)36-23(2)38)39-34(40-33(22)26-11-9-24(20-37)10-12-26)29-8-4-7-28(18-29)27-6-3-5-25(17-27)19-35/h3-18,22,32-34,37H,19-21,35H2,1-2H3,(H,36,38). The van der Waals surface area contributed by atoms with E-state index in [1.54, 1.807) is 11.8 Å². The van der Waals surface area contributed by atoms with E-state index in [0.717, 1.165) is 49.7 Å². The van der Waals surface area contributed by atoms with Crippen LogP contribution in [0.3, 0.4) is 0 Å². The minimum Gasteiger partial charge on any atom is -0.392 e. The van der Waals surface area contributed by atoms with Gasteiger partial charge in [0.25, 0.3) is 0 Å². The van der Waals surface area contributed by atoms with E-state index in [4.69, 9.17) is 15.2 Å². The van der Waals surface area contributed by atoms with E-state index in [9.17, 15) is 9.90 Å². The molecule has 0 spiro atoms. The SMILES string of the molecule is CC(=O)Nc1ccc(SCC2OC(c3cccc(-c4cccc(CN)c4)c3)OC(c3ccc(CO)cc3)C2C)cc1. The van der Waals surface area contributed by atoms with Crippen molar-refractivity contribution in [1.29, 1.82) is 0 Å². The molecule has 6 nitrogen and oxygen atoms in total. The first-order valence-corrected chi connectivity index (χ1v) is 14.8. The lowest BCUT2D eigenvalue weighted by molar-refractivity contribution is -0.268. The van der Waals surface area contributed by atoms with Gasteiger partial charge in [0.05, 0.1) is 18.8 Å². The number of aliphatic hydroxyl groups excluding tert-OH is 1. The Labute approximate surface area is 245 Å². The summed E-state index contributed by atoms with van der Waals surface area (Å²) in [5.74, 6) is 0.737. The average molecular weight is 569 g/mol. The molecule has 4 aromatic carbocycles. The van der Waals surface area contributed by atoms with Crippen molar-refractivity contribution in [2.24, 2.45) is 11.7 Å². The van der Waals surface area contributed by atoms with Crippen molar-refractivity contribution in [3.8, 4) is 11.1 Å². The van der Waals surface area contributed by atoms with Crippen molar-refractivity contribution in [1.82, 2.24) is 0 Å². The molecule has 4 aromatic rings. The fourth-order valence-electron chi connectivity index (χ4n) is 5.07. The number of amides is 1. The smallest absolute Gasteiger partial charge is 0.221 e. The first kappa shape index (κ1) is 29.0. The van der Waals surface area contributed by atoms with E-state index in [1.165, 1.54) is 6.92 Å². The number of nitrogens with one attached hydrogen (secondary N) is 1. The van der Waals surface area contributed by atoms with Gasteiger partial charge in [-0.1, -0.05) is 67.6 Å². The van der Waals surface area contributed by atoms with Gasteiger partial charge in [0.15, 0.2) is 6.29 Å². The predicted octanol–water partition coefficient (Wildman–Crippen LogP) is 6.85. The van der Waals surface area contributed by atoms with Gasteiger partial charge in [-0.2, -0.15) is 0 Å². The predicted molar refractivity (Wildman–Crippen MR) is 164 cm³/mol. The Balaban J connectivity index is 1.40. The average Bonchev–Trinajstić information content (AvgIpc) is 3.01. The fourth-order valence-corrected chi connectivity index (χ4v) is 6.14. The molecule has 1 aliphatic rings. The van der Waals surface area contributed by atoms with Crippen LogP contribution in [-0.4, -0.2) is 22.9 Å². The lowest BCUT2D eigenvalue weighted by Gasteiger charge is -2.41. The second-order valence-corrected chi connectivity index (χ2v) is 11.5. The molecule has 0 aromatic heterocycles. The number of nitrogens with two attached hydrogens (primary N) is 1. The first-order chi connectivity index (χ1) is 19.9. The van der Waals surface area contributed by atoms with Crippen molar-refractivity contribution in [2.45, 2.75) is 50.4 Å². The number of ether oxygens (including phenoxy) is 2. The van der Waals surface area contributed by atoms with Crippen LogP contribution in [0.25, 0.3) is 11.1 Å². The molecule has 1 amide bonds. The van der Waals surface area contributed by atoms with Crippen LogP contribution >= 0.6 is 11.8 Å². The molecule has 5 rings (SSSR count). The summed E-state index contributed by atoms with van der Waals surface area (Å²) in [7, 11) is 0. The minimum absolute atomic E-state index is 0.00519. The number of anilines is 1. The number of benzene rings is 4. The Kier molecular flexibility index (Phi) is 9.54. The summed E-state index contributed by atoms with van der Waals surface area (Å²) in [5.41, 5.74) is 12.8. The van der Waals surface area contributed by atoms with E-state index in [2.05, 4.69) is 36.5 Å². The molecule has 1 heterocycles. The molecule has 4 unspecified atom stereocenters. The first-order valence-electron chi connectivity index (χ1n) is 13.8.